The van der Waals surface area contributed by atoms with Crippen molar-refractivity contribution in [2.24, 2.45) is 0 Å². The minimum Gasteiger partial charge on any atom is -0.462 e. The van der Waals surface area contributed by atoms with Crippen molar-refractivity contribution in [2.45, 2.75) is 69.9 Å². The number of hydrogen-bond acceptors (Lipinski definition) is 9. The van der Waals surface area contributed by atoms with Gasteiger partial charge in [-0.2, -0.15) is 0 Å². The van der Waals surface area contributed by atoms with Crippen molar-refractivity contribution in [2.75, 3.05) is 6.61 Å². The molecule has 38 heavy (non-hydrogen) atoms. The highest BCUT2D eigenvalue weighted by Crippen LogP contribution is 2.49. The molecule has 1 aromatic carbocycles. The zero-order chi connectivity index (χ0) is 28.3. The molecule has 1 amide bonds. The summed E-state index contributed by atoms with van der Waals surface area (Å²) in [6.07, 6.45) is -9.47. The van der Waals surface area contributed by atoms with Crippen LogP contribution in [0.15, 0.2) is 42.6 Å². The van der Waals surface area contributed by atoms with E-state index in [4.69, 9.17) is 30.3 Å². The van der Waals surface area contributed by atoms with E-state index in [0.29, 0.717) is 4.90 Å². The second-order valence-electron chi connectivity index (χ2n) is 8.93. The fraction of sp³-hybridized carbons (Fsp3) is 0.522. The standard InChI is InChI=1S/C23H28F3N2O8PS/c1-13(2)34-21(32)14(3)27-37(38,36-16-7-5-4-6-8-16)33-12-23(22(25)26)19(24)18(31)20(35-23)28-10-9-15(29)11-17(28)30/h4-10,13-14,18-20,22,31H,11-12H2,1-3H3,(H,27,38)/t14-,18+,19+,20+,23+,37?/m0/s1. The summed E-state index contributed by atoms with van der Waals surface area (Å²) in [6, 6.07) is 6.81. The Labute approximate surface area is 222 Å². The molecule has 2 heterocycles. The summed E-state index contributed by atoms with van der Waals surface area (Å²) < 4.78 is 65.7. The molecule has 1 unspecified atom stereocenters. The zero-order valence-electron chi connectivity index (χ0n) is 20.7. The molecule has 3 rings (SSSR count). The van der Waals surface area contributed by atoms with Crippen molar-refractivity contribution < 1.29 is 51.2 Å². The molecule has 1 saturated heterocycles. The van der Waals surface area contributed by atoms with Gasteiger partial charge in [-0.1, -0.05) is 18.2 Å². The maximum atomic E-state index is 15.3. The number of ketones is 1. The van der Waals surface area contributed by atoms with E-state index in [2.05, 4.69) is 5.09 Å². The van der Waals surface area contributed by atoms with Crippen LogP contribution in [0.25, 0.3) is 0 Å². The minimum absolute atomic E-state index is 0.176. The number of hydrogen-bond donors (Lipinski definition) is 2. The first-order chi connectivity index (χ1) is 17.8. The highest BCUT2D eigenvalue weighted by Gasteiger charge is 2.63. The molecule has 0 spiro atoms. The molecule has 1 aromatic rings. The van der Waals surface area contributed by atoms with Gasteiger partial charge < -0.3 is 23.6 Å². The van der Waals surface area contributed by atoms with Gasteiger partial charge in [0.05, 0.1) is 19.1 Å². The maximum absolute atomic E-state index is 15.3. The van der Waals surface area contributed by atoms with Crippen molar-refractivity contribution in [3.63, 3.8) is 0 Å². The molecule has 0 saturated carbocycles. The van der Waals surface area contributed by atoms with E-state index in [1.54, 1.807) is 32.0 Å². The highest BCUT2D eigenvalue weighted by atomic mass is 32.5. The first-order valence-corrected chi connectivity index (χ1v) is 14.2. The van der Waals surface area contributed by atoms with E-state index in [9.17, 15) is 28.3 Å². The Balaban J connectivity index is 1.87. The highest BCUT2D eigenvalue weighted by molar-refractivity contribution is 8.09. The summed E-state index contributed by atoms with van der Waals surface area (Å²) >= 11 is 5.47. The van der Waals surface area contributed by atoms with Crippen LogP contribution in [0.4, 0.5) is 13.2 Å². The largest absolute Gasteiger partial charge is 0.462 e. The summed E-state index contributed by atoms with van der Waals surface area (Å²) in [5.74, 6) is -1.96. The number of carbonyl (C=O) groups excluding carboxylic acids is 3. The van der Waals surface area contributed by atoms with Gasteiger partial charge in [-0.25, -0.2) is 18.3 Å². The Morgan fingerprint density at radius 3 is 2.53 bits per heavy atom. The number of allylic oxidation sites excluding steroid dienone is 1. The lowest BCUT2D eigenvalue weighted by Gasteiger charge is -2.34. The number of esters is 1. The Morgan fingerprint density at radius 2 is 1.95 bits per heavy atom. The van der Waals surface area contributed by atoms with Crippen molar-refractivity contribution >= 4 is 36.1 Å². The Hall–Kier alpha value is -2.35. The second-order valence-corrected chi connectivity index (χ2v) is 12.1. The number of rotatable bonds is 11. The molecular formula is C23H28F3N2O8PS. The lowest BCUT2D eigenvalue weighted by molar-refractivity contribution is -0.192. The third kappa shape index (κ3) is 6.80. The molecule has 10 nitrogen and oxygen atoms in total. The first kappa shape index (κ1) is 30.2. The van der Waals surface area contributed by atoms with Gasteiger partial charge in [0.15, 0.2) is 23.8 Å². The van der Waals surface area contributed by atoms with Gasteiger partial charge in [0.1, 0.15) is 17.9 Å². The fourth-order valence-electron chi connectivity index (χ4n) is 3.66. The number of para-hydroxylation sites is 1. The van der Waals surface area contributed by atoms with Crippen LogP contribution in [0, 0.1) is 0 Å². The predicted molar refractivity (Wildman–Crippen MR) is 131 cm³/mol. The quantitative estimate of drug-likeness (QED) is 0.229. The lowest BCUT2D eigenvalue weighted by Crippen LogP contribution is -2.51. The van der Waals surface area contributed by atoms with Crippen LogP contribution in [-0.2, 0) is 40.2 Å². The molecule has 1 fully saturated rings. The van der Waals surface area contributed by atoms with Crippen LogP contribution in [0.1, 0.15) is 27.2 Å². The number of nitrogens with one attached hydrogen (secondary N) is 1. The average Bonchev–Trinajstić information content (AvgIpc) is 3.09. The lowest BCUT2D eigenvalue weighted by atomic mass is 9.98. The van der Waals surface area contributed by atoms with E-state index < -0.39 is 80.0 Å². The van der Waals surface area contributed by atoms with Crippen molar-refractivity contribution in [3.05, 3.63) is 42.6 Å². The number of alkyl halides is 3. The van der Waals surface area contributed by atoms with Gasteiger partial charge in [-0.3, -0.25) is 19.3 Å². The summed E-state index contributed by atoms with van der Waals surface area (Å²) in [6.45, 7) is -0.431. The zero-order valence-corrected chi connectivity index (χ0v) is 22.4. The summed E-state index contributed by atoms with van der Waals surface area (Å²) in [5.41, 5.74) is -3.06. The Bertz CT molecular complexity index is 1110. The maximum Gasteiger partial charge on any atom is 0.323 e. The van der Waals surface area contributed by atoms with Gasteiger partial charge in [-0.05, 0) is 50.8 Å². The third-order valence-electron chi connectivity index (χ3n) is 5.56. The summed E-state index contributed by atoms with van der Waals surface area (Å²) in [4.78, 5) is 36.7. The Kier molecular flexibility index (Phi) is 9.71. The van der Waals surface area contributed by atoms with Crippen LogP contribution in [0.3, 0.4) is 0 Å². The van der Waals surface area contributed by atoms with Crippen molar-refractivity contribution in [3.8, 4) is 5.75 Å². The summed E-state index contributed by atoms with van der Waals surface area (Å²) in [7, 11) is 0. The molecule has 2 aliphatic rings. The number of amides is 1. The van der Waals surface area contributed by atoms with Crippen LogP contribution in [-0.4, -0.2) is 76.9 Å². The molecule has 2 aliphatic heterocycles. The van der Waals surface area contributed by atoms with Crippen LogP contribution in [0.2, 0.25) is 0 Å². The number of aliphatic hydroxyl groups is 1. The smallest absolute Gasteiger partial charge is 0.323 e. The Morgan fingerprint density at radius 1 is 1.29 bits per heavy atom. The summed E-state index contributed by atoms with van der Waals surface area (Å²) in [5, 5.41) is 13.1. The molecule has 0 bridgehead atoms. The number of aliphatic hydroxyl groups excluding tert-OH is 1. The SMILES string of the molecule is CC(C)OC(=O)[C@H](C)NP(=S)(OC[C@@]1(C(F)F)O[C@@H](N2C=CC(=O)CC2=O)[C@H](O)[C@H]1F)Oc1ccccc1. The van der Waals surface area contributed by atoms with Crippen LogP contribution < -0.4 is 9.61 Å². The molecule has 2 N–H and O–H groups in total. The van der Waals surface area contributed by atoms with E-state index >= 15 is 4.39 Å². The molecule has 0 aliphatic carbocycles. The molecule has 0 aromatic heterocycles. The van der Waals surface area contributed by atoms with E-state index in [1.165, 1.54) is 19.1 Å². The number of benzene rings is 1. The molecule has 210 valence electrons. The number of nitrogens with zero attached hydrogens (tertiary/aromatic N) is 1. The van der Waals surface area contributed by atoms with Crippen molar-refractivity contribution in [1.82, 2.24) is 9.99 Å². The normalized spacial score (nSPS) is 28.0. The van der Waals surface area contributed by atoms with Crippen LogP contribution >= 0.6 is 6.64 Å². The van der Waals surface area contributed by atoms with Crippen LogP contribution in [0.5, 0.6) is 5.75 Å². The van der Waals surface area contributed by atoms with E-state index in [-0.39, 0.29) is 5.75 Å². The predicted octanol–water partition coefficient (Wildman–Crippen LogP) is 2.61. The van der Waals surface area contributed by atoms with E-state index in [0.717, 1.165) is 12.3 Å². The third-order valence-corrected chi connectivity index (χ3v) is 8.04. The van der Waals surface area contributed by atoms with Gasteiger partial charge in [0.2, 0.25) is 5.91 Å². The van der Waals surface area contributed by atoms with Gasteiger partial charge in [-0.15, -0.1) is 0 Å². The monoisotopic (exact) mass is 580 g/mol. The first-order valence-electron chi connectivity index (χ1n) is 11.6. The second kappa shape index (κ2) is 12.2. The van der Waals surface area contributed by atoms with Gasteiger partial charge in [0.25, 0.3) is 6.43 Å². The molecule has 15 heteroatoms. The van der Waals surface area contributed by atoms with Gasteiger partial charge in [0, 0.05) is 6.20 Å². The van der Waals surface area contributed by atoms with E-state index in [1.807, 2.05) is 0 Å². The number of halogens is 3. The number of ether oxygens (including phenoxy) is 2. The molecule has 0 radical (unpaired) electrons. The molecular weight excluding hydrogens is 552 g/mol. The number of carbonyl (C=O) groups is 3. The fourth-order valence-corrected chi connectivity index (χ4v) is 6.08. The average molecular weight is 581 g/mol. The van der Waals surface area contributed by atoms with Crippen molar-refractivity contribution in [1.29, 1.82) is 0 Å². The topological polar surface area (TPSA) is 124 Å². The van der Waals surface area contributed by atoms with Gasteiger partial charge >= 0.3 is 12.6 Å². The molecule has 6 atom stereocenters. The minimum atomic E-state index is -3.87.